The highest BCUT2D eigenvalue weighted by Crippen LogP contribution is 2.25. The number of sulfonamides is 1. The second-order valence-electron chi connectivity index (χ2n) is 9.74. The average molecular weight is 550 g/mol. The van der Waals surface area contributed by atoms with E-state index in [0.717, 1.165) is 33.8 Å². The first kappa shape index (κ1) is 29.9. The van der Waals surface area contributed by atoms with E-state index in [4.69, 9.17) is 0 Å². The molecule has 0 saturated heterocycles. The molecule has 0 aliphatic rings. The molecule has 3 rings (SSSR count). The number of rotatable bonds is 13. The van der Waals surface area contributed by atoms with Crippen LogP contribution in [0.25, 0.3) is 0 Å². The van der Waals surface area contributed by atoms with E-state index < -0.39 is 28.5 Å². The number of amides is 2. The summed E-state index contributed by atoms with van der Waals surface area (Å²) in [5, 5.41) is 2.95. The number of hydrogen-bond donors (Lipinski definition) is 1. The molecule has 0 saturated carbocycles. The Morgan fingerprint density at radius 3 is 2.18 bits per heavy atom. The van der Waals surface area contributed by atoms with Crippen LogP contribution in [0.2, 0.25) is 0 Å². The number of nitrogens with zero attached hydrogens (tertiary/aromatic N) is 2. The van der Waals surface area contributed by atoms with E-state index in [1.807, 2.05) is 52.0 Å². The van der Waals surface area contributed by atoms with E-state index in [1.54, 1.807) is 54.6 Å². The lowest BCUT2D eigenvalue weighted by molar-refractivity contribution is -0.140. The van der Waals surface area contributed by atoms with Gasteiger partial charge in [0.2, 0.25) is 11.8 Å². The molecule has 3 aromatic rings. The maximum Gasteiger partial charge on any atom is 0.264 e. The lowest BCUT2D eigenvalue weighted by Gasteiger charge is -2.33. The minimum atomic E-state index is -4.06. The minimum absolute atomic E-state index is 0.0966. The topological polar surface area (TPSA) is 86.8 Å². The molecule has 1 N–H and O–H groups in total. The summed E-state index contributed by atoms with van der Waals surface area (Å²) in [5.74, 6) is -0.687. The summed E-state index contributed by atoms with van der Waals surface area (Å²) in [6, 6.07) is 22.2. The van der Waals surface area contributed by atoms with Gasteiger partial charge in [-0.15, -0.1) is 0 Å². The first-order chi connectivity index (χ1) is 18.7. The number of para-hydroxylation sites is 1. The number of hydrogen-bond acceptors (Lipinski definition) is 4. The van der Waals surface area contributed by atoms with Crippen molar-refractivity contribution in [1.29, 1.82) is 0 Å². The average Bonchev–Trinajstić information content (AvgIpc) is 2.92. The molecular weight excluding hydrogens is 510 g/mol. The van der Waals surface area contributed by atoms with Crippen molar-refractivity contribution in [2.45, 2.75) is 64.4 Å². The van der Waals surface area contributed by atoms with Crippen molar-refractivity contribution in [1.82, 2.24) is 10.2 Å². The molecule has 0 unspecified atom stereocenters. The molecular formula is C31H39N3O4S. The molecule has 7 nitrogen and oxygen atoms in total. The third-order valence-electron chi connectivity index (χ3n) is 6.58. The fourth-order valence-electron chi connectivity index (χ4n) is 4.39. The highest BCUT2D eigenvalue weighted by molar-refractivity contribution is 7.92. The molecule has 0 heterocycles. The molecule has 0 spiro atoms. The summed E-state index contributed by atoms with van der Waals surface area (Å²) in [6.07, 6.45) is 2.17. The molecule has 0 aliphatic heterocycles. The second-order valence-corrected chi connectivity index (χ2v) is 11.6. The quantitative estimate of drug-likeness (QED) is 0.296. The zero-order chi connectivity index (χ0) is 28.4. The molecule has 0 aromatic heterocycles. The van der Waals surface area contributed by atoms with Gasteiger partial charge >= 0.3 is 0 Å². The first-order valence-electron chi connectivity index (χ1n) is 13.4. The van der Waals surface area contributed by atoms with Gasteiger partial charge in [0.15, 0.2) is 0 Å². The van der Waals surface area contributed by atoms with Crippen LogP contribution in [0.4, 0.5) is 5.69 Å². The van der Waals surface area contributed by atoms with Gasteiger partial charge in [0, 0.05) is 13.1 Å². The van der Waals surface area contributed by atoms with Crippen molar-refractivity contribution < 1.29 is 18.0 Å². The number of nitrogens with one attached hydrogen (secondary N) is 1. The Bertz CT molecular complexity index is 1340. The van der Waals surface area contributed by atoms with Gasteiger partial charge in [-0.25, -0.2) is 8.42 Å². The third kappa shape index (κ3) is 7.93. The first-order valence-corrected chi connectivity index (χ1v) is 14.9. The van der Waals surface area contributed by atoms with Crippen molar-refractivity contribution in [3.63, 3.8) is 0 Å². The van der Waals surface area contributed by atoms with Crippen molar-refractivity contribution in [3.05, 3.63) is 95.6 Å². The molecule has 1 atom stereocenters. The molecule has 0 fully saturated rings. The van der Waals surface area contributed by atoms with E-state index in [1.165, 1.54) is 4.90 Å². The smallest absolute Gasteiger partial charge is 0.264 e. The summed E-state index contributed by atoms with van der Waals surface area (Å²) >= 11 is 0. The molecule has 0 aliphatic carbocycles. The lowest BCUT2D eigenvalue weighted by Crippen LogP contribution is -2.52. The van der Waals surface area contributed by atoms with Gasteiger partial charge < -0.3 is 10.2 Å². The van der Waals surface area contributed by atoms with Crippen molar-refractivity contribution in [2.24, 2.45) is 0 Å². The minimum Gasteiger partial charge on any atom is -0.354 e. The Labute approximate surface area is 232 Å². The highest BCUT2D eigenvalue weighted by Gasteiger charge is 2.33. The summed E-state index contributed by atoms with van der Waals surface area (Å²) in [7, 11) is -4.06. The molecule has 2 amide bonds. The van der Waals surface area contributed by atoms with Crippen LogP contribution in [0.15, 0.2) is 83.8 Å². The predicted molar refractivity (Wildman–Crippen MR) is 156 cm³/mol. The maximum atomic E-state index is 14.0. The summed E-state index contributed by atoms with van der Waals surface area (Å²) in [5.41, 5.74) is 3.21. The van der Waals surface area contributed by atoms with Gasteiger partial charge in [-0.1, -0.05) is 86.0 Å². The molecule has 208 valence electrons. The zero-order valence-corrected chi connectivity index (χ0v) is 24.1. The van der Waals surface area contributed by atoms with Crippen molar-refractivity contribution >= 4 is 27.5 Å². The van der Waals surface area contributed by atoms with Crippen LogP contribution in [0.5, 0.6) is 0 Å². The van der Waals surface area contributed by atoms with Crippen LogP contribution in [0.1, 0.15) is 49.8 Å². The monoisotopic (exact) mass is 549 g/mol. The van der Waals surface area contributed by atoms with E-state index in [9.17, 15) is 18.0 Å². The molecule has 39 heavy (non-hydrogen) atoms. The number of aryl methyl sites for hydroxylation is 2. The molecule has 0 radical (unpaired) electrons. The van der Waals surface area contributed by atoms with E-state index in [0.29, 0.717) is 18.7 Å². The Kier molecular flexibility index (Phi) is 10.7. The van der Waals surface area contributed by atoms with Crippen LogP contribution in [-0.4, -0.2) is 44.3 Å². The number of carbonyl (C=O) groups excluding carboxylic acids is 2. The van der Waals surface area contributed by atoms with Gasteiger partial charge in [0.25, 0.3) is 10.0 Å². The van der Waals surface area contributed by atoms with Gasteiger partial charge in [0.05, 0.1) is 10.6 Å². The number of unbranched alkanes of at least 4 members (excludes halogenated alkanes) is 1. The molecule has 3 aromatic carbocycles. The fraction of sp³-hybridized carbons (Fsp3) is 0.355. The highest BCUT2D eigenvalue weighted by atomic mass is 32.2. The van der Waals surface area contributed by atoms with Gasteiger partial charge in [-0.3, -0.25) is 13.9 Å². The number of benzene rings is 3. The Hall–Kier alpha value is -3.65. The van der Waals surface area contributed by atoms with Crippen molar-refractivity contribution in [3.8, 4) is 0 Å². The third-order valence-corrected chi connectivity index (χ3v) is 8.37. The van der Waals surface area contributed by atoms with E-state index in [-0.39, 0.29) is 17.3 Å². The van der Waals surface area contributed by atoms with Gasteiger partial charge in [-0.2, -0.15) is 0 Å². The van der Waals surface area contributed by atoms with E-state index in [2.05, 4.69) is 5.32 Å². The predicted octanol–water partition coefficient (Wildman–Crippen LogP) is 5.22. The Balaban J connectivity index is 2.01. The second kappa shape index (κ2) is 13.9. The molecule has 8 heteroatoms. The summed E-state index contributed by atoms with van der Waals surface area (Å²) in [4.78, 5) is 28.9. The molecule has 0 bridgehead atoms. The van der Waals surface area contributed by atoms with Gasteiger partial charge in [-0.05, 0) is 56.5 Å². The Morgan fingerprint density at radius 2 is 1.56 bits per heavy atom. The lowest BCUT2D eigenvalue weighted by atomic mass is 10.1. The largest absolute Gasteiger partial charge is 0.354 e. The maximum absolute atomic E-state index is 14.0. The summed E-state index contributed by atoms with van der Waals surface area (Å²) in [6.45, 7) is 8.03. The number of anilines is 1. The number of carbonyl (C=O) groups is 2. The SMILES string of the molecule is CCCCNC(=O)[C@H](CC)N(Cc1cccc(C)c1)C(=O)CN(c1ccccc1)S(=O)(=O)c1ccc(C)cc1. The Morgan fingerprint density at radius 1 is 0.872 bits per heavy atom. The van der Waals surface area contributed by atoms with Crippen LogP contribution in [-0.2, 0) is 26.2 Å². The van der Waals surface area contributed by atoms with Crippen molar-refractivity contribution in [2.75, 3.05) is 17.4 Å². The van der Waals surface area contributed by atoms with E-state index >= 15 is 0 Å². The zero-order valence-electron chi connectivity index (χ0n) is 23.3. The van der Waals surface area contributed by atoms with Gasteiger partial charge in [0.1, 0.15) is 12.6 Å². The summed E-state index contributed by atoms with van der Waals surface area (Å²) < 4.78 is 28.8. The standard InChI is InChI=1S/C31H39N3O4S/c1-5-7-20-32-31(36)29(6-2)33(22-26-13-11-12-25(4)21-26)30(35)23-34(27-14-9-8-10-15-27)39(37,38)28-18-16-24(3)17-19-28/h8-19,21,29H,5-7,20,22-23H2,1-4H3,(H,32,36)/t29-/m0/s1. The van der Waals surface area contributed by atoms with Crippen LogP contribution in [0.3, 0.4) is 0 Å². The van der Waals surface area contributed by atoms with Crippen LogP contribution < -0.4 is 9.62 Å². The fourth-order valence-corrected chi connectivity index (χ4v) is 5.81. The normalized spacial score (nSPS) is 12.0. The van der Waals surface area contributed by atoms with Crippen LogP contribution in [0, 0.1) is 13.8 Å². The van der Waals surface area contributed by atoms with Crippen LogP contribution >= 0.6 is 0 Å².